The first-order valence-electron chi connectivity index (χ1n) is 3.73. The van der Waals surface area contributed by atoms with Crippen LogP contribution in [0.2, 0.25) is 0 Å². The maximum absolute atomic E-state index is 11.0. The van der Waals surface area contributed by atoms with Crippen molar-refractivity contribution in [2.45, 2.75) is 33.1 Å². The lowest BCUT2D eigenvalue weighted by atomic mass is 9.83. The van der Waals surface area contributed by atoms with Gasteiger partial charge in [0, 0.05) is 12.3 Å². The lowest BCUT2D eigenvalue weighted by Crippen LogP contribution is -2.20. The summed E-state index contributed by atoms with van der Waals surface area (Å²) < 4.78 is 0. The Bertz CT molecular complexity index is 118. The molecule has 52 valence electrons. The van der Waals surface area contributed by atoms with E-state index in [0.717, 1.165) is 12.8 Å². The van der Waals surface area contributed by atoms with E-state index < -0.39 is 0 Å². The molecule has 0 amide bonds. The highest BCUT2D eigenvalue weighted by Gasteiger charge is 2.21. The third-order valence-electron chi connectivity index (χ3n) is 2.19. The second-order valence-electron chi connectivity index (χ2n) is 3.25. The highest BCUT2D eigenvalue weighted by Crippen LogP contribution is 2.24. The molecule has 0 aliphatic heterocycles. The third kappa shape index (κ3) is 1.54. The van der Waals surface area contributed by atoms with Gasteiger partial charge in [-0.1, -0.05) is 13.8 Å². The summed E-state index contributed by atoms with van der Waals surface area (Å²) in [6, 6.07) is 0. The van der Waals surface area contributed by atoms with Crippen molar-refractivity contribution in [2.75, 3.05) is 0 Å². The minimum atomic E-state index is 0.348. The van der Waals surface area contributed by atoms with E-state index in [1.54, 1.807) is 0 Å². The standard InChI is InChI=1S/C8H14O/c1-6-3-4-7(2)8(9)5-6/h6-7H,3-5H2,1-2H3/t6-,7?/m0/s1. The van der Waals surface area contributed by atoms with Gasteiger partial charge in [-0.15, -0.1) is 0 Å². The fourth-order valence-electron chi connectivity index (χ4n) is 1.34. The van der Waals surface area contributed by atoms with Gasteiger partial charge in [0.15, 0.2) is 0 Å². The number of carbonyl (C=O) groups excluding carboxylic acids is 1. The average Bonchev–Trinajstić information content (AvgIpc) is 1.80. The molecule has 0 aromatic carbocycles. The minimum absolute atomic E-state index is 0.348. The summed E-state index contributed by atoms with van der Waals surface area (Å²) in [4.78, 5) is 11.0. The number of hydrogen-bond donors (Lipinski definition) is 0. The largest absolute Gasteiger partial charge is 0.299 e. The maximum Gasteiger partial charge on any atom is 0.135 e. The Labute approximate surface area is 56.4 Å². The number of ketones is 1. The van der Waals surface area contributed by atoms with Crippen molar-refractivity contribution in [3.8, 4) is 0 Å². The van der Waals surface area contributed by atoms with Crippen LogP contribution in [-0.4, -0.2) is 5.78 Å². The van der Waals surface area contributed by atoms with Crippen LogP contribution in [0.3, 0.4) is 0 Å². The van der Waals surface area contributed by atoms with Gasteiger partial charge in [-0.05, 0) is 18.8 Å². The number of hydrogen-bond acceptors (Lipinski definition) is 1. The van der Waals surface area contributed by atoms with Gasteiger partial charge in [-0.25, -0.2) is 0 Å². The fourth-order valence-corrected chi connectivity index (χ4v) is 1.34. The van der Waals surface area contributed by atoms with Crippen molar-refractivity contribution in [3.63, 3.8) is 0 Å². The number of carbonyl (C=O) groups is 1. The first-order valence-corrected chi connectivity index (χ1v) is 3.73. The Hall–Kier alpha value is -0.330. The fraction of sp³-hybridized carbons (Fsp3) is 0.875. The molecule has 0 bridgehead atoms. The second-order valence-corrected chi connectivity index (χ2v) is 3.25. The minimum Gasteiger partial charge on any atom is -0.299 e. The van der Waals surface area contributed by atoms with Gasteiger partial charge < -0.3 is 0 Å². The molecule has 1 unspecified atom stereocenters. The SMILES string of the molecule is CC1CC[C@H](C)CC1=O. The molecule has 0 aromatic rings. The van der Waals surface area contributed by atoms with Crippen LogP contribution in [0.4, 0.5) is 0 Å². The van der Waals surface area contributed by atoms with E-state index in [4.69, 9.17) is 0 Å². The van der Waals surface area contributed by atoms with Crippen LogP contribution in [0.5, 0.6) is 0 Å². The van der Waals surface area contributed by atoms with Crippen LogP contribution < -0.4 is 0 Å². The normalized spacial score (nSPS) is 36.9. The summed E-state index contributed by atoms with van der Waals surface area (Å²) in [5.74, 6) is 1.46. The molecule has 1 saturated carbocycles. The monoisotopic (exact) mass is 126 g/mol. The molecule has 1 nitrogen and oxygen atoms in total. The van der Waals surface area contributed by atoms with Gasteiger partial charge in [0.1, 0.15) is 5.78 Å². The lowest BCUT2D eigenvalue weighted by Gasteiger charge is -2.21. The first-order chi connectivity index (χ1) is 4.20. The van der Waals surface area contributed by atoms with Crippen LogP contribution in [0.25, 0.3) is 0 Å². The molecule has 0 aromatic heterocycles. The zero-order valence-electron chi connectivity index (χ0n) is 6.18. The van der Waals surface area contributed by atoms with Gasteiger partial charge in [-0.2, -0.15) is 0 Å². The molecule has 0 N–H and O–H groups in total. The van der Waals surface area contributed by atoms with Gasteiger partial charge in [0.2, 0.25) is 0 Å². The van der Waals surface area contributed by atoms with Crippen molar-refractivity contribution in [1.82, 2.24) is 0 Å². The highest BCUT2D eigenvalue weighted by atomic mass is 16.1. The Morgan fingerprint density at radius 1 is 1.33 bits per heavy atom. The van der Waals surface area contributed by atoms with Crippen molar-refractivity contribution in [1.29, 1.82) is 0 Å². The van der Waals surface area contributed by atoms with Gasteiger partial charge in [-0.3, -0.25) is 4.79 Å². The van der Waals surface area contributed by atoms with Crippen molar-refractivity contribution >= 4 is 5.78 Å². The van der Waals surface area contributed by atoms with Crippen molar-refractivity contribution in [2.24, 2.45) is 11.8 Å². The van der Waals surface area contributed by atoms with E-state index in [9.17, 15) is 4.79 Å². The summed E-state index contributed by atoms with van der Waals surface area (Å²) >= 11 is 0. The zero-order valence-corrected chi connectivity index (χ0v) is 6.18. The number of Topliss-reactive ketones (excluding diaryl/α,β-unsaturated/α-hetero) is 1. The summed E-state index contributed by atoms with van der Waals surface area (Å²) in [7, 11) is 0. The molecular formula is C8H14O. The van der Waals surface area contributed by atoms with Crippen LogP contribution in [0.1, 0.15) is 33.1 Å². The van der Waals surface area contributed by atoms with E-state index in [1.165, 1.54) is 6.42 Å². The van der Waals surface area contributed by atoms with Gasteiger partial charge >= 0.3 is 0 Å². The molecule has 0 radical (unpaired) electrons. The van der Waals surface area contributed by atoms with Crippen LogP contribution in [0.15, 0.2) is 0 Å². The Balaban J connectivity index is 2.44. The first kappa shape index (κ1) is 6.79. The third-order valence-corrected chi connectivity index (χ3v) is 2.19. The molecular weight excluding hydrogens is 112 g/mol. The van der Waals surface area contributed by atoms with Gasteiger partial charge in [0.25, 0.3) is 0 Å². The topological polar surface area (TPSA) is 17.1 Å². The van der Waals surface area contributed by atoms with E-state index in [-0.39, 0.29) is 0 Å². The molecule has 1 fully saturated rings. The molecule has 1 rings (SSSR count). The van der Waals surface area contributed by atoms with Gasteiger partial charge in [0.05, 0.1) is 0 Å². The molecule has 0 spiro atoms. The molecule has 1 aliphatic rings. The Morgan fingerprint density at radius 2 is 2.00 bits per heavy atom. The Morgan fingerprint density at radius 3 is 2.44 bits per heavy atom. The van der Waals surface area contributed by atoms with E-state index in [1.807, 2.05) is 6.92 Å². The quantitative estimate of drug-likeness (QED) is 0.485. The molecule has 1 heteroatoms. The molecule has 9 heavy (non-hydrogen) atoms. The van der Waals surface area contributed by atoms with Crippen molar-refractivity contribution in [3.05, 3.63) is 0 Å². The van der Waals surface area contributed by atoms with Crippen LogP contribution in [0, 0.1) is 11.8 Å². The van der Waals surface area contributed by atoms with Crippen LogP contribution in [-0.2, 0) is 4.79 Å². The zero-order chi connectivity index (χ0) is 6.85. The van der Waals surface area contributed by atoms with Crippen LogP contribution >= 0.6 is 0 Å². The van der Waals surface area contributed by atoms with E-state index >= 15 is 0 Å². The maximum atomic E-state index is 11.0. The summed E-state index contributed by atoms with van der Waals surface area (Å²) in [5, 5.41) is 0. The summed E-state index contributed by atoms with van der Waals surface area (Å²) in [5.41, 5.74) is 0. The summed E-state index contributed by atoms with van der Waals surface area (Å²) in [6.07, 6.45) is 3.17. The molecule has 0 saturated heterocycles. The molecule has 2 atom stereocenters. The highest BCUT2D eigenvalue weighted by molar-refractivity contribution is 5.81. The smallest absolute Gasteiger partial charge is 0.135 e. The average molecular weight is 126 g/mol. The predicted molar refractivity (Wildman–Crippen MR) is 37.2 cm³/mol. The van der Waals surface area contributed by atoms with E-state index in [2.05, 4.69) is 6.92 Å². The molecule has 1 aliphatic carbocycles. The lowest BCUT2D eigenvalue weighted by molar-refractivity contribution is -0.125. The number of rotatable bonds is 0. The Kier molecular flexibility index (Phi) is 1.89. The van der Waals surface area contributed by atoms with E-state index in [0.29, 0.717) is 17.6 Å². The second kappa shape index (κ2) is 2.51. The van der Waals surface area contributed by atoms with Crippen molar-refractivity contribution < 1.29 is 4.79 Å². The summed E-state index contributed by atoms with van der Waals surface area (Å²) in [6.45, 7) is 4.19. The predicted octanol–water partition coefficient (Wildman–Crippen LogP) is 2.01. The molecule has 0 heterocycles.